The fourth-order valence-corrected chi connectivity index (χ4v) is 2.14. The highest BCUT2D eigenvalue weighted by Crippen LogP contribution is 2.27. The van der Waals surface area contributed by atoms with E-state index in [1.54, 1.807) is 19.5 Å². The number of hydrogen-bond donors (Lipinski definition) is 1. The van der Waals surface area contributed by atoms with Crippen LogP contribution < -0.4 is 15.2 Å². The average molecular weight is 316 g/mol. The molecule has 0 atom stereocenters. The molecule has 0 bridgehead atoms. The van der Waals surface area contributed by atoms with Gasteiger partial charge in [0.25, 0.3) is 0 Å². The van der Waals surface area contributed by atoms with Gasteiger partial charge in [0.05, 0.1) is 31.8 Å². The van der Waals surface area contributed by atoms with Gasteiger partial charge in [-0.05, 0) is 37.1 Å². The summed E-state index contributed by atoms with van der Waals surface area (Å²) in [7, 11) is 1.63. The molecule has 0 aliphatic carbocycles. The molecule has 1 aromatic heterocycles. The molecule has 1 heterocycles. The maximum absolute atomic E-state index is 5.77. The molecule has 0 aliphatic rings. The Balaban J connectivity index is 2.07. The lowest BCUT2D eigenvalue weighted by molar-refractivity contribution is 0.286. The van der Waals surface area contributed by atoms with E-state index in [1.165, 1.54) is 17.5 Å². The van der Waals surface area contributed by atoms with Gasteiger partial charge in [-0.1, -0.05) is 19.8 Å². The lowest BCUT2D eigenvalue weighted by Gasteiger charge is -2.11. The van der Waals surface area contributed by atoms with Crippen molar-refractivity contribution < 1.29 is 9.47 Å². The average Bonchev–Trinajstić information content (AvgIpc) is 2.87. The molecule has 0 unspecified atom stereocenters. The van der Waals surface area contributed by atoms with Gasteiger partial charge in [0, 0.05) is 0 Å². The van der Waals surface area contributed by atoms with Crippen LogP contribution in [-0.4, -0.2) is 29.6 Å². The van der Waals surface area contributed by atoms with E-state index in [9.17, 15) is 0 Å². The summed E-state index contributed by atoms with van der Waals surface area (Å²) in [6.07, 6.45) is 6.86. The maximum atomic E-state index is 5.77. The monoisotopic (exact) mass is 316 g/mol. The van der Waals surface area contributed by atoms with Crippen molar-refractivity contribution in [3.8, 4) is 11.5 Å². The number of aromatic nitrogens is 2. The van der Waals surface area contributed by atoms with Crippen molar-refractivity contribution in [3.63, 3.8) is 0 Å². The van der Waals surface area contributed by atoms with Gasteiger partial charge in [-0.2, -0.15) is 5.10 Å². The van der Waals surface area contributed by atoms with Crippen LogP contribution in [0.5, 0.6) is 11.5 Å². The Hall–Kier alpha value is -2.50. The van der Waals surface area contributed by atoms with Crippen LogP contribution >= 0.6 is 0 Å². The predicted molar refractivity (Wildman–Crippen MR) is 92.4 cm³/mol. The zero-order valence-electron chi connectivity index (χ0n) is 14.0. The summed E-state index contributed by atoms with van der Waals surface area (Å²) in [5, 5.41) is 4.30. The molecule has 0 radical (unpaired) electrons. The number of ether oxygens (including phenoxy) is 2. The van der Waals surface area contributed by atoms with Crippen molar-refractivity contribution in [2.75, 3.05) is 19.5 Å². The number of rotatable bonds is 8. The van der Waals surface area contributed by atoms with Crippen molar-refractivity contribution >= 4 is 12.2 Å². The Morgan fingerprint density at radius 2 is 2.13 bits per heavy atom. The highest BCUT2D eigenvalue weighted by molar-refractivity contribution is 5.81. The third-order valence-corrected chi connectivity index (χ3v) is 3.36. The van der Waals surface area contributed by atoms with Crippen LogP contribution in [-0.2, 0) is 0 Å². The number of unbranched alkanes of at least 4 members (excludes halogenated alkanes) is 2. The van der Waals surface area contributed by atoms with Gasteiger partial charge in [0.1, 0.15) is 0 Å². The first kappa shape index (κ1) is 16.9. The second-order valence-electron chi connectivity index (χ2n) is 5.30. The zero-order valence-corrected chi connectivity index (χ0v) is 14.0. The topological polar surface area (TPSA) is 74.7 Å². The van der Waals surface area contributed by atoms with Gasteiger partial charge in [-0.15, -0.1) is 0 Å². The standard InChI is InChI=1S/C17H24N4O2/c1-4-5-6-9-23-15-8-7-14(10-16(15)22-3)11-19-21-12-13(2)20-17(21)18/h7-8,10-12H,4-6,9H2,1-3H3,(H2,18,20). The number of methoxy groups -OCH3 is 1. The van der Waals surface area contributed by atoms with Gasteiger partial charge in [0.2, 0.25) is 5.95 Å². The molecule has 1 aromatic carbocycles. The first-order valence-corrected chi connectivity index (χ1v) is 7.80. The predicted octanol–water partition coefficient (Wildman–Crippen LogP) is 3.23. The smallest absolute Gasteiger partial charge is 0.221 e. The number of benzene rings is 1. The summed E-state index contributed by atoms with van der Waals surface area (Å²) >= 11 is 0. The number of nitrogen functional groups attached to an aromatic ring is 1. The summed E-state index contributed by atoms with van der Waals surface area (Å²) in [5.74, 6) is 1.81. The lowest BCUT2D eigenvalue weighted by atomic mass is 10.2. The molecular formula is C17H24N4O2. The number of imidazole rings is 1. The Morgan fingerprint density at radius 3 is 2.78 bits per heavy atom. The molecule has 0 spiro atoms. The van der Waals surface area contributed by atoms with E-state index in [4.69, 9.17) is 15.2 Å². The van der Waals surface area contributed by atoms with Crippen molar-refractivity contribution in [2.45, 2.75) is 33.1 Å². The maximum Gasteiger partial charge on any atom is 0.221 e. The number of nitrogens with zero attached hydrogens (tertiary/aromatic N) is 3. The first-order valence-electron chi connectivity index (χ1n) is 7.80. The Kier molecular flexibility index (Phi) is 6.02. The van der Waals surface area contributed by atoms with Crippen LogP contribution in [0.25, 0.3) is 0 Å². The minimum atomic E-state index is 0.363. The SMILES string of the molecule is CCCCCOc1ccc(C=Nn2cc(C)nc2N)cc1OC. The van der Waals surface area contributed by atoms with E-state index in [-0.39, 0.29) is 0 Å². The van der Waals surface area contributed by atoms with E-state index in [0.717, 1.165) is 23.4 Å². The van der Waals surface area contributed by atoms with Gasteiger partial charge in [-0.3, -0.25) is 0 Å². The summed E-state index contributed by atoms with van der Waals surface area (Å²) in [5.41, 5.74) is 7.48. The molecule has 124 valence electrons. The second-order valence-corrected chi connectivity index (χ2v) is 5.30. The first-order chi connectivity index (χ1) is 11.1. The van der Waals surface area contributed by atoms with Gasteiger partial charge < -0.3 is 15.2 Å². The summed E-state index contributed by atoms with van der Waals surface area (Å²) < 4.78 is 12.7. The molecule has 6 nitrogen and oxygen atoms in total. The van der Waals surface area contributed by atoms with Crippen LogP contribution in [0.4, 0.5) is 5.95 Å². The zero-order chi connectivity index (χ0) is 16.7. The Bertz CT molecular complexity index is 665. The Labute approximate surface area is 136 Å². The van der Waals surface area contributed by atoms with Gasteiger partial charge >= 0.3 is 0 Å². The lowest BCUT2D eigenvalue weighted by Crippen LogP contribution is -2.00. The number of anilines is 1. The third kappa shape index (κ3) is 4.74. The molecule has 0 fully saturated rings. The number of hydrogen-bond acceptors (Lipinski definition) is 5. The quantitative estimate of drug-likeness (QED) is 0.599. The fourth-order valence-electron chi connectivity index (χ4n) is 2.14. The van der Waals surface area contributed by atoms with Crippen LogP contribution in [0.15, 0.2) is 29.5 Å². The van der Waals surface area contributed by atoms with Crippen LogP contribution in [0.1, 0.15) is 37.4 Å². The summed E-state index contributed by atoms with van der Waals surface area (Å²) in [6.45, 7) is 4.74. The number of aryl methyl sites for hydroxylation is 1. The fraction of sp³-hybridized carbons (Fsp3) is 0.412. The molecule has 2 N–H and O–H groups in total. The minimum absolute atomic E-state index is 0.363. The molecule has 0 saturated carbocycles. The third-order valence-electron chi connectivity index (χ3n) is 3.36. The molecule has 6 heteroatoms. The summed E-state index contributed by atoms with van der Waals surface area (Å²) in [4.78, 5) is 4.10. The van der Waals surface area contributed by atoms with Crippen molar-refractivity contribution in [2.24, 2.45) is 5.10 Å². The van der Waals surface area contributed by atoms with Gasteiger partial charge in [-0.25, -0.2) is 9.66 Å². The molecule has 23 heavy (non-hydrogen) atoms. The highest BCUT2D eigenvalue weighted by Gasteiger charge is 2.05. The van der Waals surface area contributed by atoms with E-state index >= 15 is 0 Å². The molecule has 2 aromatic rings. The Morgan fingerprint density at radius 1 is 1.30 bits per heavy atom. The molecule has 0 saturated heterocycles. The summed E-state index contributed by atoms with van der Waals surface area (Å²) in [6, 6.07) is 5.72. The molecular weight excluding hydrogens is 292 g/mol. The van der Waals surface area contributed by atoms with Gasteiger partial charge in [0.15, 0.2) is 11.5 Å². The largest absolute Gasteiger partial charge is 0.493 e. The van der Waals surface area contributed by atoms with Crippen molar-refractivity contribution in [1.29, 1.82) is 0 Å². The van der Waals surface area contributed by atoms with E-state index in [1.807, 2.05) is 25.1 Å². The molecule has 0 aliphatic heterocycles. The van der Waals surface area contributed by atoms with E-state index in [0.29, 0.717) is 18.3 Å². The van der Waals surface area contributed by atoms with Crippen LogP contribution in [0, 0.1) is 6.92 Å². The molecule has 2 rings (SSSR count). The normalized spacial score (nSPS) is 11.1. The van der Waals surface area contributed by atoms with E-state index < -0.39 is 0 Å². The van der Waals surface area contributed by atoms with Crippen LogP contribution in [0.3, 0.4) is 0 Å². The van der Waals surface area contributed by atoms with Crippen molar-refractivity contribution in [3.05, 3.63) is 35.7 Å². The van der Waals surface area contributed by atoms with Crippen LogP contribution in [0.2, 0.25) is 0 Å². The van der Waals surface area contributed by atoms with Crippen molar-refractivity contribution in [1.82, 2.24) is 9.66 Å². The van der Waals surface area contributed by atoms with E-state index in [2.05, 4.69) is 17.0 Å². The highest BCUT2D eigenvalue weighted by atomic mass is 16.5. The number of nitrogens with two attached hydrogens (primary N) is 1. The minimum Gasteiger partial charge on any atom is -0.493 e. The second kappa shape index (κ2) is 8.22. The molecule has 0 amide bonds.